The Hall–Kier alpha value is -2.18. The quantitative estimate of drug-likeness (QED) is 0.759. The number of halogens is 1. The van der Waals surface area contributed by atoms with Crippen molar-refractivity contribution in [1.29, 1.82) is 0 Å². The van der Waals surface area contributed by atoms with E-state index < -0.39 is 6.10 Å². The molecule has 0 spiro atoms. The summed E-state index contributed by atoms with van der Waals surface area (Å²) in [6.45, 7) is 6.49. The maximum atomic E-state index is 10.3. The molecule has 0 aliphatic heterocycles. The fourth-order valence-electron chi connectivity index (χ4n) is 2.41. The lowest BCUT2D eigenvalue weighted by Crippen LogP contribution is -2.18. The van der Waals surface area contributed by atoms with Crippen LogP contribution in [0.25, 0.3) is 5.65 Å². The van der Waals surface area contributed by atoms with Crippen LogP contribution in [0.15, 0.2) is 36.4 Å². The van der Waals surface area contributed by atoms with E-state index in [1.807, 2.05) is 30.3 Å². The molecule has 0 saturated carbocycles. The molecule has 3 aromatic rings. The Bertz CT molecular complexity index is 856. The smallest absolute Gasteiger partial charge is 0.178 e. The molecule has 0 amide bonds. The fourth-order valence-corrected chi connectivity index (χ4v) is 2.67. The third-order valence-corrected chi connectivity index (χ3v) is 4.02. The summed E-state index contributed by atoms with van der Waals surface area (Å²) in [5.74, 6) is 1.42. The zero-order valence-corrected chi connectivity index (χ0v) is 14.6. The van der Waals surface area contributed by atoms with Gasteiger partial charge in [0.1, 0.15) is 5.82 Å². The molecule has 2 N–H and O–H groups in total. The highest BCUT2D eigenvalue weighted by molar-refractivity contribution is 6.31. The Morgan fingerprint density at radius 3 is 2.62 bits per heavy atom. The predicted octanol–water partition coefficient (Wildman–Crippen LogP) is 3.22. The zero-order valence-electron chi connectivity index (χ0n) is 13.9. The molecule has 1 aromatic carbocycles. The van der Waals surface area contributed by atoms with Crippen LogP contribution in [0.1, 0.15) is 38.3 Å². The van der Waals surface area contributed by atoms with Crippen LogP contribution in [0.2, 0.25) is 5.02 Å². The molecular formula is C17H20ClN5O. The Morgan fingerprint density at radius 1 is 1.17 bits per heavy atom. The lowest BCUT2D eigenvalue weighted by atomic mass is 9.96. The highest BCUT2D eigenvalue weighted by atomic mass is 35.5. The third kappa shape index (κ3) is 3.34. The van der Waals surface area contributed by atoms with Crippen molar-refractivity contribution in [2.24, 2.45) is 0 Å². The van der Waals surface area contributed by atoms with Crippen molar-refractivity contribution in [3.8, 4) is 0 Å². The van der Waals surface area contributed by atoms with Crippen molar-refractivity contribution in [1.82, 2.24) is 19.8 Å². The van der Waals surface area contributed by atoms with Gasteiger partial charge in [0, 0.05) is 22.5 Å². The van der Waals surface area contributed by atoms with Crippen LogP contribution < -0.4 is 5.32 Å². The summed E-state index contributed by atoms with van der Waals surface area (Å²) in [5.41, 5.74) is 1.21. The minimum Gasteiger partial charge on any atom is -0.387 e. The lowest BCUT2D eigenvalue weighted by molar-refractivity contribution is 0.191. The Balaban J connectivity index is 1.79. The molecule has 0 bridgehead atoms. The topological polar surface area (TPSA) is 75.3 Å². The van der Waals surface area contributed by atoms with Gasteiger partial charge < -0.3 is 10.4 Å². The van der Waals surface area contributed by atoms with Gasteiger partial charge in [0.05, 0.1) is 6.10 Å². The van der Waals surface area contributed by atoms with E-state index in [0.717, 1.165) is 5.82 Å². The molecular weight excluding hydrogens is 326 g/mol. The van der Waals surface area contributed by atoms with E-state index in [9.17, 15) is 5.11 Å². The van der Waals surface area contributed by atoms with Gasteiger partial charge in [0.2, 0.25) is 0 Å². The Morgan fingerprint density at radius 2 is 1.92 bits per heavy atom. The van der Waals surface area contributed by atoms with Crippen LogP contribution in [-0.2, 0) is 5.41 Å². The van der Waals surface area contributed by atoms with Gasteiger partial charge in [-0.05, 0) is 18.2 Å². The maximum absolute atomic E-state index is 10.3. The summed E-state index contributed by atoms with van der Waals surface area (Å²) in [4.78, 5) is 0. The minimum atomic E-state index is -0.723. The monoisotopic (exact) mass is 345 g/mol. The first-order valence-corrected chi connectivity index (χ1v) is 8.13. The molecule has 126 valence electrons. The SMILES string of the molecule is CC(C)(C)c1nnc2ccc(NCC(O)c3ccccc3Cl)nn12. The van der Waals surface area contributed by atoms with Crippen LogP contribution >= 0.6 is 11.6 Å². The van der Waals surface area contributed by atoms with Crippen LogP contribution in [0, 0.1) is 0 Å². The van der Waals surface area contributed by atoms with Gasteiger partial charge in [-0.2, -0.15) is 4.52 Å². The summed E-state index contributed by atoms with van der Waals surface area (Å²) >= 11 is 6.11. The molecule has 2 aromatic heterocycles. The molecule has 0 radical (unpaired) electrons. The lowest BCUT2D eigenvalue weighted by Gasteiger charge is -2.16. The maximum Gasteiger partial charge on any atom is 0.178 e. The molecule has 0 aliphatic carbocycles. The van der Waals surface area contributed by atoms with E-state index in [1.165, 1.54) is 0 Å². The Labute approximate surface area is 145 Å². The number of nitrogens with one attached hydrogen (secondary N) is 1. The van der Waals surface area contributed by atoms with Crippen molar-refractivity contribution in [3.63, 3.8) is 0 Å². The number of aliphatic hydroxyl groups is 1. The third-order valence-electron chi connectivity index (χ3n) is 3.67. The van der Waals surface area contributed by atoms with E-state index in [-0.39, 0.29) is 5.41 Å². The molecule has 24 heavy (non-hydrogen) atoms. The number of hydrogen-bond acceptors (Lipinski definition) is 5. The van der Waals surface area contributed by atoms with Crippen LogP contribution in [0.4, 0.5) is 5.82 Å². The average molecular weight is 346 g/mol. The number of fused-ring (bicyclic) bond motifs is 1. The number of nitrogens with zero attached hydrogens (tertiary/aromatic N) is 4. The summed E-state index contributed by atoms with van der Waals surface area (Å²) in [6, 6.07) is 10.9. The summed E-state index contributed by atoms with van der Waals surface area (Å²) < 4.78 is 1.73. The predicted molar refractivity (Wildman–Crippen MR) is 94.4 cm³/mol. The molecule has 1 atom stereocenters. The second kappa shape index (κ2) is 6.37. The molecule has 7 heteroatoms. The summed E-state index contributed by atoms with van der Waals surface area (Å²) in [6.07, 6.45) is -0.723. The van der Waals surface area contributed by atoms with Crippen molar-refractivity contribution < 1.29 is 5.11 Å². The van der Waals surface area contributed by atoms with E-state index in [2.05, 4.69) is 41.4 Å². The zero-order chi connectivity index (χ0) is 17.3. The largest absolute Gasteiger partial charge is 0.387 e. The number of aliphatic hydroxyl groups excluding tert-OH is 1. The second-order valence-electron chi connectivity index (χ2n) is 6.68. The van der Waals surface area contributed by atoms with E-state index in [1.54, 1.807) is 10.6 Å². The van der Waals surface area contributed by atoms with Crippen LogP contribution in [-0.4, -0.2) is 31.5 Å². The van der Waals surface area contributed by atoms with Crippen molar-refractivity contribution in [2.45, 2.75) is 32.3 Å². The number of benzene rings is 1. The highest BCUT2D eigenvalue weighted by Gasteiger charge is 2.22. The van der Waals surface area contributed by atoms with Gasteiger partial charge >= 0.3 is 0 Å². The van der Waals surface area contributed by atoms with Crippen LogP contribution in [0.3, 0.4) is 0 Å². The molecule has 6 nitrogen and oxygen atoms in total. The standard InChI is InChI=1S/C17H20ClN5O/c1-17(2,3)16-21-20-15-9-8-14(22-23(15)16)19-10-13(24)11-6-4-5-7-12(11)18/h4-9,13,24H,10H2,1-3H3,(H,19,22). The number of rotatable bonds is 4. The molecule has 1 unspecified atom stereocenters. The first-order valence-electron chi connectivity index (χ1n) is 7.75. The van der Waals surface area contributed by atoms with Crippen molar-refractivity contribution in [3.05, 3.63) is 52.8 Å². The van der Waals surface area contributed by atoms with Crippen molar-refractivity contribution in [2.75, 3.05) is 11.9 Å². The molecule has 0 fully saturated rings. The minimum absolute atomic E-state index is 0.165. The van der Waals surface area contributed by atoms with Gasteiger partial charge in [-0.15, -0.1) is 15.3 Å². The Kier molecular flexibility index (Phi) is 4.43. The van der Waals surface area contributed by atoms with Gasteiger partial charge in [-0.1, -0.05) is 50.6 Å². The average Bonchev–Trinajstić information content (AvgIpc) is 2.96. The highest BCUT2D eigenvalue weighted by Crippen LogP contribution is 2.23. The number of anilines is 1. The van der Waals surface area contributed by atoms with Crippen molar-refractivity contribution >= 4 is 23.1 Å². The molecule has 3 rings (SSSR count). The van der Waals surface area contributed by atoms with Gasteiger partial charge in [-0.25, -0.2) is 0 Å². The van der Waals surface area contributed by atoms with E-state index in [0.29, 0.717) is 28.6 Å². The first-order chi connectivity index (χ1) is 11.4. The summed E-state index contributed by atoms with van der Waals surface area (Å²) in [5, 5.41) is 26.9. The summed E-state index contributed by atoms with van der Waals surface area (Å²) in [7, 11) is 0. The molecule has 0 saturated heterocycles. The number of aromatic nitrogens is 4. The van der Waals surface area contributed by atoms with E-state index >= 15 is 0 Å². The molecule has 2 heterocycles. The van der Waals surface area contributed by atoms with Crippen LogP contribution in [0.5, 0.6) is 0 Å². The van der Waals surface area contributed by atoms with Gasteiger partial charge in [-0.3, -0.25) is 0 Å². The normalized spacial score (nSPS) is 13.2. The second-order valence-corrected chi connectivity index (χ2v) is 7.09. The molecule has 0 aliphatic rings. The number of hydrogen-bond donors (Lipinski definition) is 2. The fraction of sp³-hybridized carbons (Fsp3) is 0.353. The first kappa shape index (κ1) is 16.7. The van der Waals surface area contributed by atoms with E-state index in [4.69, 9.17) is 11.6 Å². The van der Waals surface area contributed by atoms with Gasteiger partial charge in [0.25, 0.3) is 0 Å². The van der Waals surface area contributed by atoms with Gasteiger partial charge in [0.15, 0.2) is 11.5 Å².